The average Bonchev–Trinajstić information content (AvgIpc) is 2.69. The molecule has 0 saturated heterocycles. The fourth-order valence-corrected chi connectivity index (χ4v) is 3.99. The number of likely N-dealkylation sites (N-methyl/N-ethyl adjacent to an activating group) is 1. The topological polar surface area (TPSA) is 49.4 Å². The molecule has 0 spiro atoms. The summed E-state index contributed by atoms with van der Waals surface area (Å²) in [6.07, 6.45) is 0.583. The Morgan fingerprint density at radius 2 is 1.75 bits per heavy atom. The first-order valence-electron chi connectivity index (χ1n) is 9.64. The van der Waals surface area contributed by atoms with Crippen LogP contribution in [0.15, 0.2) is 48.5 Å². The van der Waals surface area contributed by atoms with Crippen LogP contribution in [-0.4, -0.2) is 35.6 Å². The quantitative estimate of drug-likeness (QED) is 0.692. The third-order valence-corrected chi connectivity index (χ3v) is 5.67. The largest absolute Gasteiger partial charge is 0.357 e. The van der Waals surface area contributed by atoms with Crippen molar-refractivity contribution >= 4 is 23.6 Å². The van der Waals surface area contributed by atoms with Gasteiger partial charge in [0.15, 0.2) is 0 Å². The molecule has 0 radical (unpaired) electrons. The van der Waals surface area contributed by atoms with Crippen LogP contribution in [0, 0.1) is 13.8 Å². The summed E-state index contributed by atoms with van der Waals surface area (Å²) in [4.78, 5) is 27.1. The predicted molar refractivity (Wildman–Crippen MR) is 117 cm³/mol. The molecule has 0 aliphatic carbocycles. The molecule has 2 rings (SSSR count). The molecule has 1 N–H and O–H groups in total. The van der Waals surface area contributed by atoms with Crippen LogP contribution >= 0.6 is 11.8 Å². The molecule has 4 nitrogen and oxygen atoms in total. The monoisotopic (exact) mass is 398 g/mol. The van der Waals surface area contributed by atoms with E-state index in [2.05, 4.69) is 42.6 Å². The Labute approximate surface area is 172 Å². The number of nitrogens with one attached hydrogen (secondary N) is 1. The number of aryl methyl sites for hydroxylation is 2. The molecule has 2 aromatic rings. The van der Waals surface area contributed by atoms with Gasteiger partial charge in [0.1, 0.15) is 6.04 Å². The minimum atomic E-state index is -0.460. The second-order valence-corrected chi connectivity index (χ2v) is 8.01. The summed E-state index contributed by atoms with van der Waals surface area (Å²) in [6.45, 7) is 6.48. The summed E-state index contributed by atoms with van der Waals surface area (Å²) in [5, 5.41) is 2.70. The van der Waals surface area contributed by atoms with Crippen molar-refractivity contribution in [3.05, 3.63) is 70.8 Å². The molecule has 0 saturated carbocycles. The van der Waals surface area contributed by atoms with Crippen molar-refractivity contribution in [2.45, 2.75) is 45.5 Å². The standard InChI is InChI=1S/C23H30N2O2S/c1-5-21(23(27)24-4)25(14-20-8-6-7-18(3)13-20)22(26)16-28-15-19-11-9-17(2)10-12-19/h6-13,21H,5,14-16H2,1-4H3,(H,24,27). The van der Waals surface area contributed by atoms with Gasteiger partial charge in [-0.25, -0.2) is 0 Å². The third kappa shape index (κ3) is 6.41. The highest BCUT2D eigenvalue weighted by Crippen LogP contribution is 2.18. The van der Waals surface area contributed by atoms with E-state index in [1.165, 1.54) is 11.1 Å². The van der Waals surface area contributed by atoms with Gasteiger partial charge in [0, 0.05) is 19.3 Å². The van der Waals surface area contributed by atoms with E-state index in [9.17, 15) is 9.59 Å². The highest BCUT2D eigenvalue weighted by Gasteiger charge is 2.27. The molecule has 1 unspecified atom stereocenters. The van der Waals surface area contributed by atoms with E-state index in [1.54, 1.807) is 23.7 Å². The maximum absolute atomic E-state index is 13.0. The van der Waals surface area contributed by atoms with E-state index in [0.29, 0.717) is 18.7 Å². The van der Waals surface area contributed by atoms with Crippen LogP contribution < -0.4 is 5.32 Å². The lowest BCUT2D eigenvalue weighted by atomic mass is 10.1. The maximum Gasteiger partial charge on any atom is 0.242 e. The van der Waals surface area contributed by atoms with Crippen molar-refractivity contribution in [1.82, 2.24) is 10.2 Å². The van der Waals surface area contributed by atoms with Crippen LogP contribution in [0.3, 0.4) is 0 Å². The number of carbonyl (C=O) groups excluding carboxylic acids is 2. The molecule has 0 aliphatic rings. The van der Waals surface area contributed by atoms with E-state index in [0.717, 1.165) is 16.9 Å². The first kappa shape index (κ1) is 22.0. The second-order valence-electron chi connectivity index (χ2n) is 7.03. The Balaban J connectivity index is 2.08. The Hall–Kier alpha value is -2.27. The number of nitrogens with zero attached hydrogens (tertiary/aromatic N) is 1. The number of hydrogen-bond acceptors (Lipinski definition) is 3. The summed E-state index contributed by atoms with van der Waals surface area (Å²) in [5.74, 6) is 1.01. The molecule has 2 aromatic carbocycles. The second kappa shape index (κ2) is 10.9. The fourth-order valence-electron chi connectivity index (χ4n) is 3.12. The summed E-state index contributed by atoms with van der Waals surface area (Å²) in [5.41, 5.74) is 4.61. The third-order valence-electron chi connectivity index (χ3n) is 4.68. The summed E-state index contributed by atoms with van der Waals surface area (Å²) in [7, 11) is 1.62. The van der Waals surface area contributed by atoms with Gasteiger partial charge in [0.2, 0.25) is 11.8 Å². The lowest BCUT2D eigenvalue weighted by molar-refractivity contribution is -0.139. The molecular formula is C23H30N2O2S. The fraction of sp³-hybridized carbons (Fsp3) is 0.391. The van der Waals surface area contributed by atoms with Crippen molar-refractivity contribution in [2.75, 3.05) is 12.8 Å². The van der Waals surface area contributed by atoms with Crippen molar-refractivity contribution in [3.8, 4) is 0 Å². The highest BCUT2D eigenvalue weighted by atomic mass is 32.2. The molecule has 1 atom stereocenters. The number of thioether (sulfide) groups is 1. The molecule has 0 bridgehead atoms. The van der Waals surface area contributed by atoms with Gasteiger partial charge in [-0.1, -0.05) is 66.6 Å². The summed E-state index contributed by atoms with van der Waals surface area (Å²) < 4.78 is 0. The smallest absolute Gasteiger partial charge is 0.242 e. The van der Waals surface area contributed by atoms with Crippen molar-refractivity contribution in [3.63, 3.8) is 0 Å². The summed E-state index contributed by atoms with van der Waals surface area (Å²) >= 11 is 1.59. The first-order chi connectivity index (χ1) is 13.4. The van der Waals surface area contributed by atoms with Gasteiger partial charge in [0.05, 0.1) is 5.75 Å². The molecular weight excluding hydrogens is 368 g/mol. The zero-order valence-electron chi connectivity index (χ0n) is 17.2. The van der Waals surface area contributed by atoms with E-state index in [4.69, 9.17) is 0 Å². The Morgan fingerprint density at radius 3 is 2.36 bits per heavy atom. The SMILES string of the molecule is CCC(C(=O)NC)N(Cc1cccc(C)c1)C(=O)CSCc1ccc(C)cc1. The number of carbonyl (C=O) groups is 2. The molecule has 5 heteroatoms. The maximum atomic E-state index is 13.0. The predicted octanol–water partition coefficient (Wildman–Crippen LogP) is 4.09. The Morgan fingerprint density at radius 1 is 1.04 bits per heavy atom. The molecule has 2 amide bonds. The van der Waals surface area contributed by atoms with Gasteiger partial charge in [-0.15, -0.1) is 11.8 Å². The van der Waals surface area contributed by atoms with Gasteiger partial charge in [-0.05, 0) is 31.4 Å². The normalized spacial score (nSPS) is 11.7. The highest BCUT2D eigenvalue weighted by molar-refractivity contribution is 7.99. The number of amides is 2. The lowest BCUT2D eigenvalue weighted by Gasteiger charge is -2.30. The van der Waals surface area contributed by atoms with Crippen LogP contribution in [0.1, 0.15) is 35.6 Å². The van der Waals surface area contributed by atoms with Crippen molar-refractivity contribution in [2.24, 2.45) is 0 Å². The number of rotatable bonds is 9. The molecule has 0 aromatic heterocycles. The molecule has 0 heterocycles. The number of benzene rings is 2. The van der Waals surface area contributed by atoms with E-state index < -0.39 is 6.04 Å². The summed E-state index contributed by atoms with van der Waals surface area (Å²) in [6, 6.07) is 16.0. The van der Waals surface area contributed by atoms with Crippen LogP contribution in [0.25, 0.3) is 0 Å². The van der Waals surface area contributed by atoms with Crippen molar-refractivity contribution in [1.29, 1.82) is 0 Å². The van der Waals surface area contributed by atoms with Gasteiger partial charge in [-0.2, -0.15) is 0 Å². The van der Waals surface area contributed by atoms with Crippen LogP contribution in [0.2, 0.25) is 0 Å². The van der Waals surface area contributed by atoms with Crippen LogP contribution in [-0.2, 0) is 21.9 Å². The first-order valence-corrected chi connectivity index (χ1v) is 10.8. The minimum Gasteiger partial charge on any atom is -0.357 e. The number of hydrogen-bond donors (Lipinski definition) is 1. The Kier molecular flexibility index (Phi) is 8.58. The minimum absolute atomic E-state index is 0.00549. The average molecular weight is 399 g/mol. The van der Waals surface area contributed by atoms with E-state index in [1.807, 2.05) is 32.0 Å². The van der Waals surface area contributed by atoms with Gasteiger partial charge in [-0.3, -0.25) is 9.59 Å². The zero-order chi connectivity index (χ0) is 20.5. The van der Waals surface area contributed by atoms with E-state index >= 15 is 0 Å². The zero-order valence-corrected chi connectivity index (χ0v) is 18.0. The van der Waals surface area contributed by atoms with Crippen molar-refractivity contribution < 1.29 is 9.59 Å². The lowest BCUT2D eigenvalue weighted by Crippen LogP contribution is -2.48. The molecule has 0 fully saturated rings. The van der Waals surface area contributed by atoms with Crippen LogP contribution in [0.4, 0.5) is 0 Å². The van der Waals surface area contributed by atoms with E-state index in [-0.39, 0.29) is 11.8 Å². The molecule has 150 valence electrons. The van der Waals surface area contributed by atoms with Crippen LogP contribution in [0.5, 0.6) is 0 Å². The van der Waals surface area contributed by atoms with Gasteiger partial charge < -0.3 is 10.2 Å². The van der Waals surface area contributed by atoms with Gasteiger partial charge >= 0.3 is 0 Å². The molecule has 28 heavy (non-hydrogen) atoms. The van der Waals surface area contributed by atoms with Gasteiger partial charge in [0.25, 0.3) is 0 Å². The Bertz CT molecular complexity index is 789. The molecule has 0 aliphatic heterocycles.